The Hall–Kier alpha value is -3.19. The van der Waals surface area contributed by atoms with Crippen molar-refractivity contribution in [3.05, 3.63) is 71.2 Å². The second-order valence-corrected chi connectivity index (χ2v) is 8.29. The van der Waals surface area contributed by atoms with E-state index >= 15 is 0 Å². The normalized spacial score (nSPS) is 11.7. The zero-order valence-electron chi connectivity index (χ0n) is 17.8. The molecule has 1 amide bonds. The third-order valence-electron chi connectivity index (χ3n) is 4.68. The monoisotopic (exact) mass is 438 g/mol. The Balaban J connectivity index is 1.57. The Bertz CT molecular complexity index is 1020. The third kappa shape index (κ3) is 6.39. The number of esters is 1. The number of nitrogens with zero attached hydrogens (tertiary/aromatic N) is 1. The van der Waals surface area contributed by atoms with Gasteiger partial charge in [0.15, 0.2) is 0 Å². The smallest absolute Gasteiger partial charge is 0.329 e. The van der Waals surface area contributed by atoms with Gasteiger partial charge in [-0.1, -0.05) is 56.3 Å². The number of carbonyl (C=O) groups is 2. The van der Waals surface area contributed by atoms with Crippen LogP contribution in [0, 0.1) is 5.92 Å². The molecular formula is C24H26N2O4S. The number of ether oxygens (including phenoxy) is 2. The number of hydrogen-bond donors (Lipinski definition) is 1. The third-order valence-corrected chi connectivity index (χ3v) is 5.62. The van der Waals surface area contributed by atoms with Crippen LogP contribution >= 0.6 is 11.3 Å². The SMILES string of the molecule is COc1cccc(-c2nc(COC(=O)[C@@H](NC(=O)Cc3ccccc3)C(C)C)cs2)c1. The van der Waals surface area contributed by atoms with Gasteiger partial charge in [0.1, 0.15) is 23.4 Å². The summed E-state index contributed by atoms with van der Waals surface area (Å²) in [5.74, 6) is -0.0233. The van der Waals surface area contributed by atoms with E-state index in [1.165, 1.54) is 11.3 Å². The van der Waals surface area contributed by atoms with Crippen LogP contribution in [0.4, 0.5) is 0 Å². The van der Waals surface area contributed by atoms with Gasteiger partial charge in [0.05, 0.1) is 19.2 Å². The van der Waals surface area contributed by atoms with E-state index in [9.17, 15) is 9.59 Å². The molecule has 0 aliphatic heterocycles. The Kier molecular flexibility index (Phi) is 7.78. The van der Waals surface area contributed by atoms with Crippen molar-refractivity contribution in [1.29, 1.82) is 0 Å². The zero-order valence-corrected chi connectivity index (χ0v) is 18.6. The molecule has 2 aromatic carbocycles. The highest BCUT2D eigenvalue weighted by atomic mass is 32.1. The molecule has 1 aromatic heterocycles. The van der Waals surface area contributed by atoms with Crippen LogP contribution in [0.1, 0.15) is 25.1 Å². The lowest BCUT2D eigenvalue weighted by Crippen LogP contribution is -2.45. The van der Waals surface area contributed by atoms with E-state index in [0.717, 1.165) is 21.9 Å². The van der Waals surface area contributed by atoms with Crippen molar-refractivity contribution >= 4 is 23.2 Å². The molecule has 0 bridgehead atoms. The maximum Gasteiger partial charge on any atom is 0.329 e. The van der Waals surface area contributed by atoms with E-state index in [0.29, 0.717) is 5.69 Å². The molecule has 31 heavy (non-hydrogen) atoms. The van der Waals surface area contributed by atoms with Crippen molar-refractivity contribution in [2.75, 3.05) is 7.11 Å². The molecular weight excluding hydrogens is 412 g/mol. The van der Waals surface area contributed by atoms with E-state index in [-0.39, 0.29) is 24.9 Å². The Morgan fingerprint density at radius 3 is 2.58 bits per heavy atom. The summed E-state index contributed by atoms with van der Waals surface area (Å²) in [4.78, 5) is 29.6. The van der Waals surface area contributed by atoms with Gasteiger partial charge in [0.2, 0.25) is 5.91 Å². The first-order valence-corrected chi connectivity index (χ1v) is 10.9. The molecule has 0 aliphatic carbocycles. The zero-order chi connectivity index (χ0) is 22.2. The van der Waals surface area contributed by atoms with Gasteiger partial charge in [0.25, 0.3) is 0 Å². The Morgan fingerprint density at radius 2 is 1.87 bits per heavy atom. The minimum atomic E-state index is -0.715. The number of carbonyl (C=O) groups excluding carboxylic acids is 2. The largest absolute Gasteiger partial charge is 0.497 e. The molecule has 3 aromatic rings. The predicted molar refractivity (Wildman–Crippen MR) is 121 cm³/mol. The first kappa shape index (κ1) is 22.5. The van der Waals surface area contributed by atoms with Crippen LogP contribution in [0.2, 0.25) is 0 Å². The fourth-order valence-corrected chi connectivity index (χ4v) is 3.80. The number of methoxy groups -OCH3 is 1. The van der Waals surface area contributed by atoms with Crippen molar-refractivity contribution < 1.29 is 19.1 Å². The van der Waals surface area contributed by atoms with Crippen molar-refractivity contribution in [1.82, 2.24) is 10.3 Å². The molecule has 7 heteroatoms. The molecule has 0 radical (unpaired) electrons. The molecule has 162 valence electrons. The van der Waals surface area contributed by atoms with Crippen molar-refractivity contribution in [2.45, 2.75) is 32.9 Å². The number of benzene rings is 2. The standard InChI is InChI=1S/C24H26N2O4S/c1-16(2)22(26-21(27)12-17-8-5-4-6-9-17)24(28)30-14-19-15-31-23(25-19)18-10-7-11-20(13-18)29-3/h4-11,13,15-16,22H,12,14H2,1-3H3,(H,26,27)/t22-/m0/s1. The summed E-state index contributed by atoms with van der Waals surface area (Å²) in [5.41, 5.74) is 2.49. The minimum absolute atomic E-state index is 0.0527. The fourth-order valence-electron chi connectivity index (χ4n) is 3.00. The average molecular weight is 439 g/mol. The van der Waals surface area contributed by atoms with E-state index in [4.69, 9.17) is 9.47 Å². The molecule has 0 aliphatic rings. The maximum atomic E-state index is 12.6. The molecule has 6 nitrogen and oxygen atoms in total. The van der Waals surface area contributed by atoms with E-state index in [1.807, 2.05) is 73.8 Å². The van der Waals surface area contributed by atoms with Gasteiger partial charge >= 0.3 is 5.97 Å². The van der Waals surface area contributed by atoms with Crippen LogP contribution < -0.4 is 10.1 Å². The van der Waals surface area contributed by atoms with E-state index < -0.39 is 12.0 Å². The lowest BCUT2D eigenvalue weighted by molar-refractivity contribution is -0.150. The maximum absolute atomic E-state index is 12.6. The van der Waals surface area contributed by atoms with Gasteiger partial charge in [-0.15, -0.1) is 11.3 Å². The number of amides is 1. The highest BCUT2D eigenvalue weighted by molar-refractivity contribution is 7.13. The summed E-state index contributed by atoms with van der Waals surface area (Å²) >= 11 is 1.47. The van der Waals surface area contributed by atoms with E-state index in [1.54, 1.807) is 7.11 Å². The minimum Gasteiger partial charge on any atom is -0.497 e. The first-order valence-electron chi connectivity index (χ1n) is 10.0. The van der Waals surface area contributed by atoms with Crippen LogP contribution in [-0.2, 0) is 27.4 Å². The lowest BCUT2D eigenvalue weighted by atomic mass is 10.0. The Labute approximate surface area is 186 Å². The molecule has 0 saturated heterocycles. The van der Waals surface area contributed by atoms with Crippen molar-refractivity contribution in [3.63, 3.8) is 0 Å². The average Bonchev–Trinajstić information content (AvgIpc) is 3.25. The van der Waals surface area contributed by atoms with Crippen molar-refractivity contribution in [3.8, 4) is 16.3 Å². The van der Waals surface area contributed by atoms with Gasteiger partial charge < -0.3 is 14.8 Å². The highest BCUT2D eigenvalue weighted by Gasteiger charge is 2.26. The van der Waals surface area contributed by atoms with Gasteiger partial charge in [-0.3, -0.25) is 4.79 Å². The molecule has 3 rings (SSSR count). The number of aromatic nitrogens is 1. The number of hydrogen-bond acceptors (Lipinski definition) is 6. The van der Waals surface area contributed by atoms with Crippen molar-refractivity contribution in [2.24, 2.45) is 5.92 Å². The molecule has 0 unspecified atom stereocenters. The number of thiazole rings is 1. The van der Waals surface area contributed by atoms with Gasteiger partial charge in [-0.05, 0) is 23.6 Å². The highest BCUT2D eigenvalue weighted by Crippen LogP contribution is 2.27. The quantitative estimate of drug-likeness (QED) is 0.506. The van der Waals surface area contributed by atoms with Crippen LogP contribution in [0.3, 0.4) is 0 Å². The summed E-state index contributed by atoms with van der Waals surface area (Å²) in [6, 6.07) is 16.3. The number of rotatable bonds is 9. The van der Waals surface area contributed by atoms with Gasteiger partial charge in [0, 0.05) is 10.9 Å². The Morgan fingerprint density at radius 1 is 1.10 bits per heavy atom. The van der Waals surface area contributed by atoms with Gasteiger partial charge in [-0.25, -0.2) is 9.78 Å². The molecule has 1 atom stereocenters. The summed E-state index contributed by atoms with van der Waals surface area (Å²) < 4.78 is 10.7. The first-order chi connectivity index (χ1) is 15.0. The summed E-state index contributed by atoms with van der Waals surface area (Å²) in [7, 11) is 1.62. The van der Waals surface area contributed by atoms with Crippen LogP contribution in [0.15, 0.2) is 60.0 Å². The summed E-state index contributed by atoms with van der Waals surface area (Å²) in [5, 5.41) is 5.48. The van der Waals surface area contributed by atoms with Crippen LogP contribution in [0.5, 0.6) is 5.75 Å². The van der Waals surface area contributed by atoms with Crippen LogP contribution in [0.25, 0.3) is 10.6 Å². The van der Waals surface area contributed by atoms with Gasteiger partial charge in [-0.2, -0.15) is 0 Å². The molecule has 0 saturated carbocycles. The fraction of sp³-hybridized carbons (Fsp3) is 0.292. The summed E-state index contributed by atoms with van der Waals surface area (Å²) in [6.45, 7) is 3.80. The second-order valence-electron chi connectivity index (χ2n) is 7.44. The second kappa shape index (κ2) is 10.7. The van der Waals surface area contributed by atoms with E-state index in [2.05, 4.69) is 10.3 Å². The molecule has 0 fully saturated rings. The summed E-state index contributed by atoms with van der Waals surface area (Å²) in [6.07, 6.45) is 0.216. The molecule has 1 N–H and O–H groups in total. The van der Waals surface area contributed by atoms with Crippen LogP contribution in [-0.4, -0.2) is 30.0 Å². The lowest BCUT2D eigenvalue weighted by Gasteiger charge is -2.20. The predicted octanol–water partition coefficient (Wildman–Crippen LogP) is 4.25. The molecule has 0 spiro atoms. The number of nitrogens with one attached hydrogen (secondary N) is 1. The topological polar surface area (TPSA) is 77.5 Å². The molecule has 1 heterocycles.